The van der Waals surface area contributed by atoms with Crippen LogP contribution in [-0.4, -0.2) is 36.9 Å². The normalized spacial score (nSPS) is 12.5. The van der Waals surface area contributed by atoms with Crippen LogP contribution in [0.5, 0.6) is 0 Å². The standard InChI is InChI=1S/C8H12O5/c1-6(9)5-13-8(11)4-3-7(10)12-2/h3-4,6,9H,5H2,1-2H3/b4-3-. The molecule has 0 rings (SSSR count). The van der Waals surface area contributed by atoms with Crippen LogP contribution in [0.3, 0.4) is 0 Å². The van der Waals surface area contributed by atoms with Crippen LogP contribution in [0.25, 0.3) is 0 Å². The second-order valence-electron chi connectivity index (χ2n) is 2.34. The van der Waals surface area contributed by atoms with Crippen molar-refractivity contribution >= 4 is 11.9 Å². The van der Waals surface area contributed by atoms with E-state index in [-0.39, 0.29) is 6.61 Å². The molecular formula is C8H12O5. The summed E-state index contributed by atoms with van der Waals surface area (Å²) < 4.78 is 8.76. The minimum absolute atomic E-state index is 0.0929. The Hall–Kier alpha value is -1.36. The van der Waals surface area contributed by atoms with Crippen molar-refractivity contribution in [2.45, 2.75) is 13.0 Å². The summed E-state index contributed by atoms with van der Waals surface area (Å²) in [5.41, 5.74) is 0. The van der Waals surface area contributed by atoms with Crippen LogP contribution in [-0.2, 0) is 19.1 Å². The number of aliphatic hydroxyl groups excluding tert-OH is 1. The Balaban J connectivity index is 3.74. The van der Waals surface area contributed by atoms with Gasteiger partial charge in [-0.25, -0.2) is 9.59 Å². The maximum absolute atomic E-state index is 10.7. The molecule has 0 spiro atoms. The van der Waals surface area contributed by atoms with Gasteiger partial charge in [-0.15, -0.1) is 0 Å². The molecule has 0 aromatic carbocycles. The van der Waals surface area contributed by atoms with Gasteiger partial charge < -0.3 is 14.6 Å². The fourth-order valence-electron chi connectivity index (χ4n) is 0.455. The maximum atomic E-state index is 10.7. The number of rotatable bonds is 4. The molecule has 13 heavy (non-hydrogen) atoms. The first-order chi connectivity index (χ1) is 6.06. The van der Waals surface area contributed by atoms with Crippen LogP contribution in [0, 0.1) is 0 Å². The minimum Gasteiger partial charge on any atom is -0.466 e. The third-order valence-electron chi connectivity index (χ3n) is 1.02. The molecule has 5 heteroatoms. The number of hydrogen-bond donors (Lipinski definition) is 1. The van der Waals surface area contributed by atoms with Gasteiger partial charge in [-0.1, -0.05) is 0 Å². The predicted octanol–water partition coefficient (Wildman–Crippen LogP) is -0.360. The van der Waals surface area contributed by atoms with Gasteiger partial charge in [0.2, 0.25) is 0 Å². The highest BCUT2D eigenvalue weighted by Gasteiger charge is 2.01. The van der Waals surface area contributed by atoms with Gasteiger partial charge >= 0.3 is 11.9 Å². The number of aliphatic hydroxyl groups is 1. The van der Waals surface area contributed by atoms with Crippen LogP contribution < -0.4 is 0 Å². The fraction of sp³-hybridized carbons (Fsp3) is 0.500. The largest absolute Gasteiger partial charge is 0.466 e. The zero-order valence-electron chi connectivity index (χ0n) is 7.52. The van der Waals surface area contributed by atoms with Gasteiger partial charge in [0.05, 0.1) is 13.2 Å². The monoisotopic (exact) mass is 188 g/mol. The predicted molar refractivity (Wildman–Crippen MR) is 43.8 cm³/mol. The Bertz CT molecular complexity index is 207. The van der Waals surface area contributed by atoms with E-state index in [0.29, 0.717) is 0 Å². The maximum Gasteiger partial charge on any atom is 0.331 e. The van der Waals surface area contributed by atoms with E-state index in [9.17, 15) is 9.59 Å². The molecule has 0 bridgehead atoms. The molecule has 0 saturated heterocycles. The zero-order chi connectivity index (χ0) is 10.3. The summed E-state index contributed by atoms with van der Waals surface area (Å²) in [6, 6.07) is 0. The molecule has 0 aromatic heterocycles. The van der Waals surface area contributed by atoms with E-state index in [2.05, 4.69) is 9.47 Å². The lowest BCUT2D eigenvalue weighted by atomic mass is 10.4. The van der Waals surface area contributed by atoms with E-state index < -0.39 is 18.0 Å². The van der Waals surface area contributed by atoms with Crippen LogP contribution in [0.15, 0.2) is 12.2 Å². The molecule has 1 N–H and O–H groups in total. The molecule has 0 aliphatic carbocycles. The van der Waals surface area contributed by atoms with Crippen molar-refractivity contribution in [1.29, 1.82) is 0 Å². The quantitative estimate of drug-likeness (QED) is 0.481. The highest BCUT2D eigenvalue weighted by molar-refractivity contribution is 5.91. The van der Waals surface area contributed by atoms with Crippen molar-refractivity contribution in [3.63, 3.8) is 0 Å². The summed E-state index contributed by atoms with van der Waals surface area (Å²) in [5.74, 6) is -1.32. The van der Waals surface area contributed by atoms with E-state index in [1.807, 2.05) is 0 Å². The summed E-state index contributed by atoms with van der Waals surface area (Å²) in [6.45, 7) is 1.39. The molecule has 0 aliphatic rings. The van der Waals surface area contributed by atoms with Crippen LogP contribution in [0.2, 0.25) is 0 Å². The molecule has 0 aliphatic heterocycles. The van der Waals surface area contributed by atoms with E-state index >= 15 is 0 Å². The second kappa shape index (κ2) is 6.19. The smallest absolute Gasteiger partial charge is 0.331 e. The van der Waals surface area contributed by atoms with Gasteiger partial charge in [-0.2, -0.15) is 0 Å². The van der Waals surface area contributed by atoms with Crippen molar-refractivity contribution in [3.05, 3.63) is 12.2 Å². The fourth-order valence-corrected chi connectivity index (χ4v) is 0.455. The summed E-state index contributed by atoms with van der Waals surface area (Å²) in [6.07, 6.45) is 1.17. The Morgan fingerprint density at radius 2 is 1.92 bits per heavy atom. The molecule has 1 atom stereocenters. The Labute approximate surface area is 75.9 Å². The number of esters is 2. The number of methoxy groups -OCH3 is 1. The lowest BCUT2D eigenvalue weighted by Crippen LogP contribution is -2.13. The Morgan fingerprint density at radius 3 is 2.38 bits per heavy atom. The van der Waals surface area contributed by atoms with Crippen LogP contribution >= 0.6 is 0 Å². The Morgan fingerprint density at radius 1 is 1.38 bits per heavy atom. The molecule has 1 unspecified atom stereocenters. The van der Waals surface area contributed by atoms with E-state index in [1.54, 1.807) is 0 Å². The third-order valence-corrected chi connectivity index (χ3v) is 1.02. The highest BCUT2D eigenvalue weighted by Crippen LogP contribution is 1.87. The minimum atomic E-state index is -0.713. The van der Waals surface area contributed by atoms with Crippen molar-refractivity contribution < 1.29 is 24.2 Å². The van der Waals surface area contributed by atoms with E-state index in [4.69, 9.17) is 5.11 Å². The van der Waals surface area contributed by atoms with Gasteiger partial charge in [-0.05, 0) is 6.92 Å². The number of carbonyl (C=O) groups excluding carboxylic acids is 2. The van der Waals surface area contributed by atoms with Crippen LogP contribution in [0.4, 0.5) is 0 Å². The molecule has 0 radical (unpaired) electrons. The third kappa shape index (κ3) is 7.02. The first-order valence-corrected chi connectivity index (χ1v) is 3.67. The SMILES string of the molecule is COC(=O)/C=C\C(=O)OCC(C)O. The molecule has 0 heterocycles. The summed E-state index contributed by atoms with van der Waals surface area (Å²) in [7, 11) is 1.20. The lowest BCUT2D eigenvalue weighted by Gasteiger charge is -2.02. The lowest BCUT2D eigenvalue weighted by molar-refractivity contribution is -0.141. The van der Waals surface area contributed by atoms with Gasteiger partial charge in [0, 0.05) is 12.2 Å². The van der Waals surface area contributed by atoms with Crippen molar-refractivity contribution in [3.8, 4) is 0 Å². The van der Waals surface area contributed by atoms with E-state index in [0.717, 1.165) is 12.2 Å². The zero-order valence-corrected chi connectivity index (χ0v) is 7.52. The summed E-state index contributed by atoms with van der Waals surface area (Å²) in [5, 5.41) is 8.73. The summed E-state index contributed by atoms with van der Waals surface area (Å²) >= 11 is 0. The van der Waals surface area contributed by atoms with Crippen LogP contribution in [0.1, 0.15) is 6.92 Å². The summed E-state index contributed by atoms with van der Waals surface area (Å²) in [4.78, 5) is 21.2. The topological polar surface area (TPSA) is 72.8 Å². The van der Waals surface area contributed by atoms with Crippen molar-refractivity contribution in [2.75, 3.05) is 13.7 Å². The number of carbonyl (C=O) groups is 2. The van der Waals surface area contributed by atoms with E-state index in [1.165, 1.54) is 14.0 Å². The molecule has 0 fully saturated rings. The van der Waals surface area contributed by atoms with Crippen molar-refractivity contribution in [1.82, 2.24) is 0 Å². The molecule has 74 valence electrons. The highest BCUT2D eigenvalue weighted by atomic mass is 16.5. The Kier molecular flexibility index (Phi) is 5.54. The average molecular weight is 188 g/mol. The number of hydrogen-bond acceptors (Lipinski definition) is 5. The molecule has 5 nitrogen and oxygen atoms in total. The second-order valence-corrected chi connectivity index (χ2v) is 2.34. The first-order valence-electron chi connectivity index (χ1n) is 3.67. The first kappa shape index (κ1) is 11.6. The molecular weight excluding hydrogens is 176 g/mol. The van der Waals surface area contributed by atoms with Gasteiger partial charge in [0.25, 0.3) is 0 Å². The van der Waals surface area contributed by atoms with Gasteiger partial charge in [-0.3, -0.25) is 0 Å². The molecule has 0 saturated carbocycles. The molecule has 0 aromatic rings. The molecule has 0 amide bonds. The average Bonchev–Trinajstić information content (AvgIpc) is 2.10. The van der Waals surface area contributed by atoms with Gasteiger partial charge in [0.1, 0.15) is 6.61 Å². The van der Waals surface area contributed by atoms with Gasteiger partial charge in [0.15, 0.2) is 0 Å². The van der Waals surface area contributed by atoms with Crippen molar-refractivity contribution in [2.24, 2.45) is 0 Å². The number of ether oxygens (including phenoxy) is 2.